The van der Waals surface area contributed by atoms with E-state index in [1.165, 1.54) is 12.1 Å². The van der Waals surface area contributed by atoms with E-state index in [-0.39, 0.29) is 11.9 Å². The van der Waals surface area contributed by atoms with E-state index < -0.39 is 6.10 Å². The van der Waals surface area contributed by atoms with Gasteiger partial charge in [-0.3, -0.25) is 4.68 Å². The van der Waals surface area contributed by atoms with Gasteiger partial charge in [0.1, 0.15) is 17.7 Å². The lowest BCUT2D eigenvalue weighted by atomic mass is 9.96. The molecule has 0 fully saturated rings. The summed E-state index contributed by atoms with van der Waals surface area (Å²) in [4.78, 5) is 0. The average molecular weight is 276 g/mol. The van der Waals surface area contributed by atoms with Crippen LogP contribution in [0.4, 0.5) is 4.39 Å². The van der Waals surface area contributed by atoms with Crippen LogP contribution in [0.5, 0.6) is 5.75 Å². The van der Waals surface area contributed by atoms with Crippen LogP contribution in [0.2, 0.25) is 0 Å². The van der Waals surface area contributed by atoms with Crippen molar-refractivity contribution in [2.75, 3.05) is 0 Å². The molecule has 1 aliphatic rings. The van der Waals surface area contributed by atoms with Crippen molar-refractivity contribution in [1.29, 1.82) is 0 Å². The highest BCUT2D eigenvalue weighted by molar-refractivity contribution is 5.38. The third-order valence-electron chi connectivity index (χ3n) is 3.52. The number of hydrogen-bond donors (Lipinski definition) is 1. The summed E-state index contributed by atoms with van der Waals surface area (Å²) >= 11 is 0. The molecular formula is C15H17FN2O2. The first-order valence-corrected chi connectivity index (χ1v) is 6.84. The maximum absolute atomic E-state index is 13.2. The molecule has 2 atom stereocenters. The molecule has 0 saturated heterocycles. The maximum Gasteiger partial charge on any atom is 0.130 e. The zero-order chi connectivity index (χ0) is 14.1. The second-order valence-corrected chi connectivity index (χ2v) is 5.08. The number of hydrogen-bond acceptors (Lipinski definition) is 3. The summed E-state index contributed by atoms with van der Waals surface area (Å²) in [5, 5.41) is 14.4. The van der Waals surface area contributed by atoms with Gasteiger partial charge in [-0.1, -0.05) is 6.92 Å². The van der Waals surface area contributed by atoms with E-state index in [1.54, 1.807) is 12.3 Å². The van der Waals surface area contributed by atoms with Gasteiger partial charge in [-0.15, -0.1) is 0 Å². The second kappa shape index (κ2) is 5.25. The number of rotatable bonds is 3. The Hall–Kier alpha value is -1.88. The second-order valence-electron chi connectivity index (χ2n) is 5.08. The van der Waals surface area contributed by atoms with Gasteiger partial charge in [0, 0.05) is 30.3 Å². The molecule has 1 aromatic heterocycles. The fourth-order valence-electron chi connectivity index (χ4n) is 2.52. The SMILES string of the molecule is CCCn1cc(C2C[C@@H](O)c3cc(F)ccc3O2)cn1. The lowest BCUT2D eigenvalue weighted by molar-refractivity contribution is 0.0653. The first-order chi connectivity index (χ1) is 9.67. The van der Waals surface area contributed by atoms with E-state index >= 15 is 0 Å². The minimum Gasteiger partial charge on any atom is -0.485 e. The van der Waals surface area contributed by atoms with E-state index in [2.05, 4.69) is 12.0 Å². The standard InChI is InChI=1S/C15H17FN2O2/c1-2-5-18-9-10(8-17-18)15-7-13(19)12-6-11(16)3-4-14(12)20-15/h3-4,6,8-9,13,15,19H,2,5,7H2,1H3/t13-,15?/m1/s1. The average Bonchev–Trinajstić information content (AvgIpc) is 2.88. The van der Waals surface area contributed by atoms with Crippen LogP contribution in [-0.4, -0.2) is 14.9 Å². The largest absolute Gasteiger partial charge is 0.485 e. The number of halogens is 1. The quantitative estimate of drug-likeness (QED) is 0.937. The molecule has 0 radical (unpaired) electrons. The third-order valence-corrected chi connectivity index (χ3v) is 3.52. The van der Waals surface area contributed by atoms with Gasteiger partial charge < -0.3 is 9.84 Å². The van der Waals surface area contributed by atoms with Crippen molar-refractivity contribution in [3.8, 4) is 5.75 Å². The fraction of sp³-hybridized carbons (Fsp3) is 0.400. The van der Waals surface area contributed by atoms with Crippen LogP contribution < -0.4 is 4.74 Å². The molecule has 4 nitrogen and oxygen atoms in total. The Balaban J connectivity index is 1.85. The molecule has 5 heteroatoms. The highest BCUT2D eigenvalue weighted by atomic mass is 19.1. The number of aryl methyl sites for hydroxylation is 1. The molecule has 3 rings (SSSR count). The van der Waals surface area contributed by atoms with Crippen molar-refractivity contribution in [2.45, 2.75) is 38.5 Å². The Morgan fingerprint density at radius 3 is 3.15 bits per heavy atom. The molecule has 0 spiro atoms. The summed E-state index contributed by atoms with van der Waals surface area (Å²) in [6, 6.07) is 4.24. The summed E-state index contributed by atoms with van der Waals surface area (Å²) in [5.74, 6) is 0.180. The minimum absolute atomic E-state index is 0.242. The smallest absolute Gasteiger partial charge is 0.130 e. The molecule has 1 aromatic carbocycles. The topological polar surface area (TPSA) is 47.3 Å². The van der Waals surface area contributed by atoms with Gasteiger partial charge in [-0.05, 0) is 24.6 Å². The molecule has 1 N–H and O–H groups in total. The predicted octanol–water partition coefficient (Wildman–Crippen LogP) is 2.99. The molecular weight excluding hydrogens is 259 g/mol. The Morgan fingerprint density at radius 2 is 2.35 bits per heavy atom. The number of ether oxygens (including phenoxy) is 1. The molecule has 2 aromatic rings. The van der Waals surface area contributed by atoms with Gasteiger partial charge in [0.05, 0.1) is 12.3 Å². The van der Waals surface area contributed by atoms with E-state index in [0.717, 1.165) is 18.5 Å². The van der Waals surface area contributed by atoms with Gasteiger partial charge in [0.25, 0.3) is 0 Å². The van der Waals surface area contributed by atoms with Gasteiger partial charge in [-0.25, -0.2) is 4.39 Å². The molecule has 20 heavy (non-hydrogen) atoms. The van der Waals surface area contributed by atoms with Crippen LogP contribution >= 0.6 is 0 Å². The molecule has 1 aliphatic heterocycles. The van der Waals surface area contributed by atoms with E-state index in [4.69, 9.17) is 4.74 Å². The molecule has 0 bridgehead atoms. The number of benzene rings is 1. The monoisotopic (exact) mass is 276 g/mol. The zero-order valence-corrected chi connectivity index (χ0v) is 11.3. The molecule has 0 amide bonds. The Bertz CT molecular complexity index is 612. The summed E-state index contributed by atoms with van der Waals surface area (Å²) in [5.41, 5.74) is 1.45. The Labute approximate surface area is 116 Å². The molecule has 0 aliphatic carbocycles. The van der Waals surface area contributed by atoms with Crippen molar-refractivity contribution in [3.63, 3.8) is 0 Å². The molecule has 0 saturated carbocycles. The van der Waals surface area contributed by atoms with E-state index in [1.807, 2.05) is 10.9 Å². The number of aliphatic hydroxyl groups is 1. The number of aliphatic hydroxyl groups excluding tert-OH is 1. The highest BCUT2D eigenvalue weighted by Crippen LogP contribution is 2.40. The molecule has 106 valence electrons. The first kappa shape index (κ1) is 13.1. The van der Waals surface area contributed by atoms with Crippen LogP contribution in [0.15, 0.2) is 30.6 Å². The fourth-order valence-corrected chi connectivity index (χ4v) is 2.52. The summed E-state index contributed by atoms with van der Waals surface area (Å²) in [7, 11) is 0. The normalized spacial score (nSPS) is 21.4. The van der Waals surface area contributed by atoms with Crippen LogP contribution in [0.25, 0.3) is 0 Å². The number of nitrogens with zero attached hydrogens (tertiary/aromatic N) is 2. The van der Waals surface area contributed by atoms with Crippen molar-refractivity contribution in [2.24, 2.45) is 0 Å². The number of aromatic nitrogens is 2. The Kier molecular flexibility index (Phi) is 3.44. The molecule has 2 heterocycles. The predicted molar refractivity (Wildman–Crippen MR) is 71.9 cm³/mol. The Morgan fingerprint density at radius 1 is 1.50 bits per heavy atom. The van der Waals surface area contributed by atoms with E-state index in [9.17, 15) is 9.50 Å². The van der Waals surface area contributed by atoms with Crippen LogP contribution in [0.1, 0.15) is 43.1 Å². The van der Waals surface area contributed by atoms with Crippen LogP contribution in [0.3, 0.4) is 0 Å². The van der Waals surface area contributed by atoms with Crippen LogP contribution in [0, 0.1) is 5.82 Å². The van der Waals surface area contributed by atoms with Gasteiger partial charge >= 0.3 is 0 Å². The lowest BCUT2D eigenvalue weighted by Gasteiger charge is -2.29. The maximum atomic E-state index is 13.2. The third kappa shape index (κ3) is 2.41. The summed E-state index contributed by atoms with van der Waals surface area (Å²) < 4.78 is 20.9. The zero-order valence-electron chi connectivity index (χ0n) is 11.3. The molecule has 1 unspecified atom stereocenters. The highest BCUT2D eigenvalue weighted by Gasteiger charge is 2.29. The first-order valence-electron chi connectivity index (χ1n) is 6.84. The van der Waals surface area contributed by atoms with Gasteiger partial charge in [-0.2, -0.15) is 5.10 Å². The van der Waals surface area contributed by atoms with Crippen molar-refractivity contribution in [1.82, 2.24) is 9.78 Å². The van der Waals surface area contributed by atoms with E-state index in [0.29, 0.717) is 17.7 Å². The van der Waals surface area contributed by atoms with Gasteiger partial charge in [0.15, 0.2) is 0 Å². The van der Waals surface area contributed by atoms with Crippen molar-refractivity contribution >= 4 is 0 Å². The van der Waals surface area contributed by atoms with Gasteiger partial charge in [0.2, 0.25) is 0 Å². The van der Waals surface area contributed by atoms with Crippen molar-refractivity contribution < 1.29 is 14.2 Å². The van der Waals surface area contributed by atoms with Crippen LogP contribution in [-0.2, 0) is 6.54 Å². The van der Waals surface area contributed by atoms with Crippen molar-refractivity contribution in [3.05, 3.63) is 47.5 Å². The minimum atomic E-state index is -0.714. The summed E-state index contributed by atoms with van der Waals surface area (Å²) in [6.45, 7) is 2.95. The summed E-state index contributed by atoms with van der Waals surface area (Å²) in [6.07, 6.45) is 4.17. The lowest BCUT2D eigenvalue weighted by Crippen LogP contribution is -2.18. The number of fused-ring (bicyclic) bond motifs is 1.